The van der Waals surface area contributed by atoms with Gasteiger partial charge in [-0.1, -0.05) is 36.4 Å². The first-order valence-corrected chi connectivity index (χ1v) is 6.65. The minimum absolute atomic E-state index is 0.822. The first-order valence-electron chi connectivity index (χ1n) is 4.73. The zero-order chi connectivity index (χ0) is 10.9. The Balaban J connectivity index is 2.90. The molecule has 0 fully saturated rings. The lowest BCUT2D eigenvalue weighted by atomic mass is 10.1. The van der Waals surface area contributed by atoms with E-state index in [1.807, 2.05) is 42.5 Å². The molecule has 0 saturated carbocycles. The molecule has 0 aliphatic heterocycles. The Bertz CT molecular complexity index is 605. The van der Waals surface area contributed by atoms with Gasteiger partial charge in [-0.2, -0.15) is 0 Å². The highest BCUT2D eigenvalue weighted by molar-refractivity contribution is 7.93. The van der Waals surface area contributed by atoms with Crippen LogP contribution in [0.5, 0.6) is 0 Å². The Hall–Kier alpha value is -1.35. The first kappa shape index (κ1) is 10.2. The Labute approximate surface area is 90.1 Å². The Morgan fingerprint density at radius 1 is 1.07 bits per heavy atom. The third kappa shape index (κ3) is 1.75. The molecule has 0 radical (unpaired) electrons. The molecule has 0 spiro atoms. The van der Waals surface area contributed by atoms with Gasteiger partial charge in [0.25, 0.3) is 0 Å². The number of nitrogens with zero attached hydrogens (tertiary/aromatic N) is 1. The summed E-state index contributed by atoms with van der Waals surface area (Å²) in [4.78, 5) is 0.822. The third-order valence-corrected chi connectivity index (χ3v) is 4.37. The summed E-state index contributed by atoms with van der Waals surface area (Å²) in [7, 11) is -0.648. The van der Waals surface area contributed by atoms with Crippen LogP contribution in [0.1, 0.15) is 0 Å². The van der Waals surface area contributed by atoms with E-state index in [-0.39, 0.29) is 0 Å². The molecule has 0 saturated heterocycles. The zero-order valence-corrected chi connectivity index (χ0v) is 9.62. The second kappa shape index (κ2) is 3.66. The van der Waals surface area contributed by atoms with Crippen LogP contribution < -0.4 is 0 Å². The monoisotopic (exact) mass is 219 g/mol. The maximum absolute atomic E-state index is 12.2. The summed E-state index contributed by atoms with van der Waals surface area (Å²) in [6, 6.07) is 13.8. The molecule has 0 N–H and O–H groups in total. The van der Waals surface area contributed by atoms with Crippen LogP contribution in [0, 0.1) is 0 Å². The summed E-state index contributed by atoms with van der Waals surface area (Å²) >= 11 is 0. The van der Waals surface area contributed by atoms with E-state index < -0.39 is 9.73 Å². The molecular weight excluding hydrogens is 206 g/mol. The Kier molecular flexibility index (Phi) is 2.49. The predicted octanol–water partition coefficient (Wildman–Crippen LogP) is 2.93. The van der Waals surface area contributed by atoms with Crippen molar-refractivity contribution in [1.29, 1.82) is 0 Å². The van der Waals surface area contributed by atoms with Crippen molar-refractivity contribution in [2.24, 2.45) is 4.36 Å². The summed E-state index contributed by atoms with van der Waals surface area (Å²) in [5, 5.41) is 2.13. The fourth-order valence-corrected chi connectivity index (χ4v) is 2.75. The van der Waals surface area contributed by atoms with Crippen LogP contribution in [-0.2, 0) is 9.73 Å². The van der Waals surface area contributed by atoms with E-state index in [9.17, 15) is 4.21 Å². The molecule has 3 heteroatoms. The second-order valence-corrected chi connectivity index (χ2v) is 5.87. The second-order valence-electron chi connectivity index (χ2n) is 3.46. The van der Waals surface area contributed by atoms with E-state index >= 15 is 0 Å². The number of rotatable bonds is 1. The van der Waals surface area contributed by atoms with Crippen LogP contribution >= 0.6 is 0 Å². The van der Waals surface area contributed by atoms with Crippen molar-refractivity contribution in [1.82, 2.24) is 0 Å². The number of fused-ring (bicyclic) bond motifs is 1. The molecule has 2 aromatic carbocycles. The smallest absolute Gasteiger partial charge is 0.0726 e. The molecule has 1 unspecified atom stereocenters. The number of hydrogen-bond acceptors (Lipinski definition) is 2. The van der Waals surface area contributed by atoms with E-state index in [2.05, 4.69) is 4.36 Å². The average molecular weight is 219 g/mol. The van der Waals surface area contributed by atoms with Gasteiger partial charge in [-0.3, -0.25) is 0 Å². The summed E-state index contributed by atoms with van der Waals surface area (Å²) < 4.78 is 16.2. The molecule has 0 amide bonds. The van der Waals surface area contributed by atoms with Gasteiger partial charge < -0.3 is 0 Å². The first-order chi connectivity index (χ1) is 7.15. The minimum atomic E-state index is -2.25. The molecule has 1 atom stereocenters. The number of hydrogen-bond donors (Lipinski definition) is 0. The van der Waals surface area contributed by atoms with Crippen molar-refractivity contribution in [3.63, 3.8) is 0 Å². The van der Waals surface area contributed by atoms with Crippen molar-refractivity contribution < 1.29 is 4.21 Å². The van der Waals surface area contributed by atoms with Crippen LogP contribution in [-0.4, -0.2) is 17.5 Å². The van der Waals surface area contributed by atoms with Gasteiger partial charge in [-0.05, 0) is 16.8 Å². The van der Waals surface area contributed by atoms with E-state index in [4.69, 9.17) is 0 Å². The highest BCUT2D eigenvalue weighted by Gasteiger charge is 2.08. The van der Waals surface area contributed by atoms with Gasteiger partial charge in [-0.15, -0.1) is 0 Å². The zero-order valence-electron chi connectivity index (χ0n) is 8.81. The van der Waals surface area contributed by atoms with Crippen LogP contribution in [0.3, 0.4) is 0 Å². The van der Waals surface area contributed by atoms with Gasteiger partial charge in [0.05, 0.1) is 14.6 Å². The van der Waals surface area contributed by atoms with Gasteiger partial charge in [0.1, 0.15) is 0 Å². The molecule has 0 heterocycles. The molecule has 0 bridgehead atoms. The highest BCUT2D eigenvalue weighted by Crippen LogP contribution is 2.23. The summed E-state index contributed by atoms with van der Waals surface area (Å²) in [5.41, 5.74) is 0. The fraction of sp³-hybridized carbons (Fsp3) is 0.167. The van der Waals surface area contributed by atoms with Crippen molar-refractivity contribution in [3.8, 4) is 0 Å². The summed E-state index contributed by atoms with van der Waals surface area (Å²) in [6.45, 7) is 0. The summed E-state index contributed by atoms with van der Waals surface area (Å²) in [6.07, 6.45) is 1.68. The normalized spacial score (nSPS) is 14.8. The maximum atomic E-state index is 12.2. The Morgan fingerprint density at radius 2 is 1.73 bits per heavy atom. The maximum Gasteiger partial charge on any atom is 0.0726 e. The molecule has 0 aliphatic carbocycles. The lowest BCUT2D eigenvalue weighted by Gasteiger charge is -2.07. The standard InChI is InChI=1S/C12H13NOS/c1-13-15(2,14)12-9-5-7-10-6-3-4-8-11(10)12/h3-9H,1-2H3. The summed E-state index contributed by atoms with van der Waals surface area (Å²) in [5.74, 6) is 0. The van der Waals surface area contributed by atoms with Gasteiger partial charge in [0.2, 0.25) is 0 Å². The average Bonchev–Trinajstić information content (AvgIpc) is 2.28. The van der Waals surface area contributed by atoms with Crippen LogP contribution in [0.4, 0.5) is 0 Å². The van der Waals surface area contributed by atoms with Crippen LogP contribution in [0.2, 0.25) is 0 Å². The number of benzene rings is 2. The predicted molar refractivity (Wildman–Crippen MR) is 64.6 cm³/mol. The molecule has 78 valence electrons. The molecule has 0 aromatic heterocycles. The molecule has 0 aliphatic rings. The van der Waals surface area contributed by atoms with Crippen molar-refractivity contribution in [3.05, 3.63) is 42.5 Å². The van der Waals surface area contributed by atoms with E-state index in [0.29, 0.717) is 0 Å². The van der Waals surface area contributed by atoms with Gasteiger partial charge in [0, 0.05) is 13.3 Å². The molecular formula is C12H13NOS. The van der Waals surface area contributed by atoms with E-state index in [1.165, 1.54) is 0 Å². The van der Waals surface area contributed by atoms with Crippen LogP contribution in [0.25, 0.3) is 10.8 Å². The van der Waals surface area contributed by atoms with E-state index in [0.717, 1.165) is 15.7 Å². The quantitative estimate of drug-likeness (QED) is 0.725. The van der Waals surface area contributed by atoms with Crippen LogP contribution in [0.15, 0.2) is 51.7 Å². The van der Waals surface area contributed by atoms with Crippen molar-refractivity contribution in [2.75, 3.05) is 13.3 Å². The SMILES string of the molecule is CN=S(C)(=O)c1cccc2ccccc12. The minimum Gasteiger partial charge on any atom is -0.245 e. The highest BCUT2D eigenvalue weighted by atomic mass is 32.2. The molecule has 15 heavy (non-hydrogen) atoms. The Morgan fingerprint density at radius 3 is 2.47 bits per heavy atom. The third-order valence-electron chi connectivity index (χ3n) is 2.51. The lowest BCUT2D eigenvalue weighted by Crippen LogP contribution is -1.97. The van der Waals surface area contributed by atoms with E-state index in [1.54, 1.807) is 13.3 Å². The topological polar surface area (TPSA) is 29.4 Å². The van der Waals surface area contributed by atoms with Crippen molar-refractivity contribution >= 4 is 20.5 Å². The molecule has 2 aromatic rings. The fourth-order valence-electron chi connectivity index (χ4n) is 1.62. The van der Waals surface area contributed by atoms with Gasteiger partial charge in [-0.25, -0.2) is 8.57 Å². The molecule has 2 nitrogen and oxygen atoms in total. The van der Waals surface area contributed by atoms with Gasteiger partial charge in [0.15, 0.2) is 0 Å². The lowest BCUT2D eigenvalue weighted by molar-refractivity contribution is 0.680. The van der Waals surface area contributed by atoms with Gasteiger partial charge >= 0.3 is 0 Å². The largest absolute Gasteiger partial charge is 0.245 e. The van der Waals surface area contributed by atoms with Crippen molar-refractivity contribution in [2.45, 2.75) is 4.90 Å². The molecule has 2 rings (SSSR count).